The monoisotopic (exact) mass is 229 g/mol. The first-order chi connectivity index (χ1) is 6.64. The van der Waals surface area contributed by atoms with Gasteiger partial charge in [0.2, 0.25) is 0 Å². The molecule has 0 saturated carbocycles. The number of hydrogen-bond donors (Lipinski definition) is 0. The van der Waals surface area contributed by atoms with Crippen LogP contribution in [0.4, 0.5) is 26.3 Å². The zero-order valence-electron chi connectivity index (χ0n) is 7.37. The second kappa shape index (κ2) is 3.39. The number of pyridine rings is 1. The van der Waals surface area contributed by atoms with Crippen LogP contribution in [0.3, 0.4) is 0 Å². The molecular weight excluding hydrogens is 224 g/mol. The van der Waals surface area contributed by atoms with Gasteiger partial charge in [-0.3, -0.25) is 4.98 Å². The molecule has 0 spiro atoms. The average molecular weight is 229 g/mol. The minimum Gasteiger partial charge on any atom is -0.261 e. The van der Waals surface area contributed by atoms with E-state index in [-0.39, 0.29) is 0 Å². The summed E-state index contributed by atoms with van der Waals surface area (Å²) in [5.74, 6) is 0. The summed E-state index contributed by atoms with van der Waals surface area (Å²) in [7, 11) is 0. The lowest BCUT2D eigenvalue weighted by molar-refractivity contribution is -0.162. The third-order valence-corrected chi connectivity index (χ3v) is 1.73. The van der Waals surface area contributed by atoms with Crippen molar-refractivity contribution in [2.75, 3.05) is 0 Å². The number of rotatable bonds is 0. The van der Waals surface area contributed by atoms with Gasteiger partial charge in [-0.25, -0.2) is 0 Å². The molecule has 0 aliphatic carbocycles. The Kier molecular flexibility index (Phi) is 2.67. The molecule has 1 rings (SSSR count). The zero-order chi connectivity index (χ0) is 11.9. The van der Waals surface area contributed by atoms with Crippen molar-refractivity contribution in [3.63, 3.8) is 0 Å². The number of aromatic nitrogens is 1. The first-order valence-electron chi connectivity index (χ1n) is 3.74. The van der Waals surface area contributed by atoms with Gasteiger partial charge < -0.3 is 0 Å². The first-order valence-corrected chi connectivity index (χ1v) is 3.74. The standard InChI is InChI=1S/C8H5F6N/c1-4-6(8(12,13)14)5(2-3-15-4)7(9,10)11/h2-3H,1H3. The average Bonchev–Trinajstić information content (AvgIpc) is 1.99. The Balaban J connectivity index is 3.48. The van der Waals surface area contributed by atoms with Gasteiger partial charge in [0.15, 0.2) is 0 Å². The Morgan fingerprint density at radius 2 is 1.53 bits per heavy atom. The van der Waals surface area contributed by atoms with Gasteiger partial charge in [-0.2, -0.15) is 26.3 Å². The molecule has 0 aliphatic heterocycles. The molecule has 0 atom stereocenters. The molecule has 1 heterocycles. The van der Waals surface area contributed by atoms with E-state index in [4.69, 9.17) is 0 Å². The summed E-state index contributed by atoms with van der Waals surface area (Å²) in [5.41, 5.74) is -4.11. The van der Waals surface area contributed by atoms with E-state index in [1.54, 1.807) is 0 Å². The van der Waals surface area contributed by atoms with Gasteiger partial charge >= 0.3 is 12.4 Å². The van der Waals surface area contributed by atoms with Gasteiger partial charge in [0.05, 0.1) is 16.8 Å². The van der Waals surface area contributed by atoms with E-state index >= 15 is 0 Å². The van der Waals surface area contributed by atoms with E-state index in [0.717, 1.165) is 6.92 Å². The Morgan fingerprint density at radius 1 is 1.00 bits per heavy atom. The van der Waals surface area contributed by atoms with Crippen molar-refractivity contribution in [1.82, 2.24) is 4.98 Å². The molecule has 0 saturated heterocycles. The minimum atomic E-state index is -5.05. The Labute approximate surface area is 80.7 Å². The predicted octanol–water partition coefficient (Wildman–Crippen LogP) is 3.43. The van der Waals surface area contributed by atoms with Crippen molar-refractivity contribution < 1.29 is 26.3 Å². The van der Waals surface area contributed by atoms with Crippen LogP contribution in [0.15, 0.2) is 12.3 Å². The smallest absolute Gasteiger partial charge is 0.261 e. The largest absolute Gasteiger partial charge is 0.418 e. The van der Waals surface area contributed by atoms with Crippen LogP contribution in [0, 0.1) is 6.92 Å². The number of halogens is 6. The third-order valence-electron chi connectivity index (χ3n) is 1.73. The quantitative estimate of drug-likeness (QED) is 0.621. The van der Waals surface area contributed by atoms with Crippen molar-refractivity contribution in [2.45, 2.75) is 19.3 Å². The molecule has 1 aromatic heterocycles. The predicted molar refractivity (Wildman–Crippen MR) is 39.0 cm³/mol. The SMILES string of the molecule is Cc1nccc(C(F)(F)F)c1C(F)(F)F. The Hall–Kier alpha value is -1.27. The summed E-state index contributed by atoms with van der Waals surface area (Å²) in [5, 5.41) is 0. The molecule has 84 valence electrons. The molecule has 15 heavy (non-hydrogen) atoms. The topological polar surface area (TPSA) is 12.9 Å². The minimum absolute atomic E-state index is 0.315. The molecule has 1 aromatic rings. The van der Waals surface area contributed by atoms with E-state index in [1.165, 1.54) is 0 Å². The van der Waals surface area contributed by atoms with E-state index < -0.39 is 29.2 Å². The number of nitrogens with zero attached hydrogens (tertiary/aromatic N) is 1. The van der Waals surface area contributed by atoms with Crippen LogP contribution in [0.25, 0.3) is 0 Å². The maximum atomic E-state index is 12.3. The Bertz CT molecular complexity index is 364. The lowest BCUT2D eigenvalue weighted by atomic mass is 10.1. The van der Waals surface area contributed by atoms with Gasteiger partial charge in [0, 0.05) is 6.20 Å². The van der Waals surface area contributed by atoms with Crippen LogP contribution in [-0.2, 0) is 12.4 Å². The highest BCUT2D eigenvalue weighted by Crippen LogP contribution is 2.40. The molecule has 0 fully saturated rings. The van der Waals surface area contributed by atoms with Gasteiger partial charge in [0.25, 0.3) is 0 Å². The zero-order valence-corrected chi connectivity index (χ0v) is 7.37. The molecular formula is C8H5F6N. The van der Waals surface area contributed by atoms with E-state index in [2.05, 4.69) is 4.98 Å². The fourth-order valence-corrected chi connectivity index (χ4v) is 1.16. The highest BCUT2D eigenvalue weighted by Gasteiger charge is 2.44. The van der Waals surface area contributed by atoms with E-state index in [9.17, 15) is 26.3 Å². The summed E-state index contributed by atoms with van der Waals surface area (Å²) in [6.45, 7) is 0.887. The molecule has 0 unspecified atom stereocenters. The number of aryl methyl sites for hydroxylation is 1. The molecule has 1 nitrogen and oxygen atoms in total. The fraction of sp³-hybridized carbons (Fsp3) is 0.375. The van der Waals surface area contributed by atoms with Crippen LogP contribution >= 0.6 is 0 Å². The van der Waals surface area contributed by atoms with Crippen LogP contribution in [-0.4, -0.2) is 4.98 Å². The lowest BCUT2D eigenvalue weighted by Crippen LogP contribution is -2.18. The van der Waals surface area contributed by atoms with Crippen molar-refractivity contribution in [1.29, 1.82) is 0 Å². The van der Waals surface area contributed by atoms with Crippen LogP contribution in [0.2, 0.25) is 0 Å². The molecule has 7 heteroatoms. The van der Waals surface area contributed by atoms with Crippen LogP contribution in [0.5, 0.6) is 0 Å². The number of hydrogen-bond acceptors (Lipinski definition) is 1. The molecule has 0 aromatic carbocycles. The second-order valence-electron chi connectivity index (χ2n) is 2.81. The maximum Gasteiger partial charge on any atom is 0.418 e. The highest BCUT2D eigenvalue weighted by atomic mass is 19.4. The van der Waals surface area contributed by atoms with E-state index in [0.29, 0.717) is 12.3 Å². The van der Waals surface area contributed by atoms with Crippen molar-refractivity contribution in [3.8, 4) is 0 Å². The summed E-state index contributed by atoms with van der Waals surface area (Å²) < 4.78 is 73.6. The fourth-order valence-electron chi connectivity index (χ4n) is 1.16. The summed E-state index contributed by atoms with van der Waals surface area (Å²) in [6, 6.07) is 0.315. The van der Waals surface area contributed by atoms with Gasteiger partial charge in [-0.15, -0.1) is 0 Å². The van der Waals surface area contributed by atoms with Crippen LogP contribution in [0.1, 0.15) is 16.8 Å². The molecule has 0 N–H and O–H groups in total. The van der Waals surface area contributed by atoms with E-state index in [1.807, 2.05) is 0 Å². The van der Waals surface area contributed by atoms with Crippen molar-refractivity contribution >= 4 is 0 Å². The van der Waals surface area contributed by atoms with Crippen molar-refractivity contribution in [2.24, 2.45) is 0 Å². The Morgan fingerprint density at radius 3 is 1.87 bits per heavy atom. The molecule has 0 aliphatic rings. The third kappa shape index (κ3) is 2.40. The van der Waals surface area contributed by atoms with Gasteiger partial charge in [-0.1, -0.05) is 0 Å². The van der Waals surface area contributed by atoms with Crippen LogP contribution < -0.4 is 0 Å². The van der Waals surface area contributed by atoms with Gasteiger partial charge in [-0.05, 0) is 13.0 Å². The molecule has 0 amide bonds. The van der Waals surface area contributed by atoms with Gasteiger partial charge in [0.1, 0.15) is 0 Å². The number of alkyl halides is 6. The summed E-state index contributed by atoms with van der Waals surface area (Å²) >= 11 is 0. The molecule has 0 radical (unpaired) electrons. The second-order valence-corrected chi connectivity index (χ2v) is 2.81. The summed E-state index contributed by atoms with van der Waals surface area (Å²) in [4.78, 5) is 3.20. The highest BCUT2D eigenvalue weighted by molar-refractivity contribution is 5.34. The maximum absolute atomic E-state index is 12.3. The lowest BCUT2D eigenvalue weighted by Gasteiger charge is -2.16. The molecule has 0 bridgehead atoms. The van der Waals surface area contributed by atoms with Crippen molar-refractivity contribution in [3.05, 3.63) is 29.1 Å². The first kappa shape index (κ1) is 11.8. The summed E-state index contributed by atoms with van der Waals surface area (Å²) in [6.07, 6.45) is -9.38. The normalized spacial score (nSPS) is 13.0.